The Balaban J connectivity index is 1.67. The van der Waals surface area contributed by atoms with Gasteiger partial charge in [-0.2, -0.15) is 0 Å². The Labute approximate surface area is 159 Å². The van der Waals surface area contributed by atoms with Gasteiger partial charge in [0.1, 0.15) is 5.82 Å². The highest BCUT2D eigenvalue weighted by molar-refractivity contribution is 6.04. The number of carbonyl (C=O) groups excluding carboxylic acids is 1. The van der Waals surface area contributed by atoms with Gasteiger partial charge in [-0.05, 0) is 44.2 Å². The molecule has 7 heteroatoms. The van der Waals surface area contributed by atoms with Crippen LogP contribution >= 0.6 is 0 Å². The number of ether oxygens (including phenoxy) is 3. The lowest BCUT2D eigenvalue weighted by Gasteiger charge is -2.27. The van der Waals surface area contributed by atoms with Crippen LogP contribution in [0.15, 0.2) is 36.5 Å². The van der Waals surface area contributed by atoms with Crippen molar-refractivity contribution in [1.29, 1.82) is 0 Å². The number of aromatic nitrogens is 1. The fraction of sp³-hybridized carbons (Fsp3) is 0.400. The zero-order valence-electron chi connectivity index (χ0n) is 15.9. The van der Waals surface area contributed by atoms with Gasteiger partial charge in [-0.1, -0.05) is 0 Å². The van der Waals surface area contributed by atoms with Gasteiger partial charge < -0.3 is 24.4 Å². The van der Waals surface area contributed by atoms with Crippen molar-refractivity contribution in [3.63, 3.8) is 0 Å². The van der Waals surface area contributed by atoms with Crippen LogP contribution in [0.25, 0.3) is 0 Å². The molecule has 0 saturated carbocycles. The summed E-state index contributed by atoms with van der Waals surface area (Å²) in [4.78, 5) is 19.1. The maximum atomic E-state index is 12.5. The number of hydrogen-bond acceptors (Lipinski definition) is 6. The molecular formula is C20H25N3O4. The number of pyridine rings is 1. The summed E-state index contributed by atoms with van der Waals surface area (Å²) in [6.45, 7) is 6.94. The molecule has 1 fully saturated rings. The van der Waals surface area contributed by atoms with Crippen molar-refractivity contribution >= 4 is 17.4 Å². The third-order valence-electron chi connectivity index (χ3n) is 4.13. The summed E-state index contributed by atoms with van der Waals surface area (Å²) in [6, 6.07) is 8.88. The average Bonchev–Trinajstić information content (AvgIpc) is 2.69. The fourth-order valence-corrected chi connectivity index (χ4v) is 2.80. The fourth-order valence-electron chi connectivity index (χ4n) is 2.80. The van der Waals surface area contributed by atoms with Crippen LogP contribution in [0.3, 0.4) is 0 Å². The molecule has 0 atom stereocenters. The molecule has 1 N–H and O–H groups in total. The Kier molecular flexibility index (Phi) is 6.13. The predicted molar refractivity (Wildman–Crippen MR) is 104 cm³/mol. The second-order valence-corrected chi connectivity index (χ2v) is 6.49. The summed E-state index contributed by atoms with van der Waals surface area (Å²) in [5.41, 5.74) is 1.12. The van der Waals surface area contributed by atoms with Crippen molar-refractivity contribution in [1.82, 2.24) is 4.98 Å². The first-order valence-corrected chi connectivity index (χ1v) is 9.01. The Morgan fingerprint density at radius 3 is 2.59 bits per heavy atom. The van der Waals surface area contributed by atoms with Crippen LogP contribution in [0.1, 0.15) is 24.2 Å². The Morgan fingerprint density at radius 2 is 1.96 bits per heavy atom. The van der Waals surface area contributed by atoms with Crippen LogP contribution < -0.4 is 19.7 Å². The molecule has 0 unspecified atom stereocenters. The van der Waals surface area contributed by atoms with Crippen LogP contribution in [0.5, 0.6) is 11.5 Å². The standard InChI is InChI=1S/C20H25N3O4/c1-14(2)27-17-6-4-15(12-18(17)25-3)20(24)22-16-5-7-19(21-13-16)23-8-10-26-11-9-23/h4-7,12-14H,8-11H2,1-3H3,(H,22,24). The minimum Gasteiger partial charge on any atom is -0.493 e. The molecule has 2 aromatic rings. The van der Waals surface area contributed by atoms with Crippen molar-refractivity contribution in [2.24, 2.45) is 0 Å². The highest BCUT2D eigenvalue weighted by Gasteiger charge is 2.14. The van der Waals surface area contributed by atoms with E-state index < -0.39 is 0 Å². The van der Waals surface area contributed by atoms with E-state index in [1.807, 2.05) is 26.0 Å². The van der Waals surface area contributed by atoms with E-state index in [1.54, 1.807) is 31.5 Å². The van der Waals surface area contributed by atoms with Crippen molar-refractivity contribution in [2.45, 2.75) is 20.0 Å². The molecule has 1 aliphatic rings. The van der Waals surface area contributed by atoms with Crippen molar-refractivity contribution < 1.29 is 19.0 Å². The molecule has 7 nitrogen and oxygen atoms in total. The van der Waals surface area contributed by atoms with Crippen molar-refractivity contribution in [3.05, 3.63) is 42.1 Å². The first-order valence-electron chi connectivity index (χ1n) is 9.01. The Morgan fingerprint density at radius 1 is 1.19 bits per heavy atom. The van der Waals surface area contributed by atoms with Crippen LogP contribution in [-0.4, -0.2) is 50.4 Å². The average molecular weight is 371 g/mol. The smallest absolute Gasteiger partial charge is 0.255 e. The number of nitrogens with zero attached hydrogens (tertiary/aromatic N) is 2. The zero-order chi connectivity index (χ0) is 19.2. The minimum atomic E-state index is -0.231. The molecule has 1 aliphatic heterocycles. The summed E-state index contributed by atoms with van der Waals surface area (Å²) >= 11 is 0. The molecule has 1 amide bonds. The monoisotopic (exact) mass is 371 g/mol. The largest absolute Gasteiger partial charge is 0.493 e. The van der Waals surface area contributed by atoms with Gasteiger partial charge in [0.25, 0.3) is 5.91 Å². The first kappa shape index (κ1) is 19.0. The number of rotatable bonds is 6. The Bertz CT molecular complexity index is 771. The van der Waals surface area contributed by atoms with Crippen LogP contribution in [0.4, 0.5) is 11.5 Å². The van der Waals surface area contributed by atoms with Crippen LogP contribution in [-0.2, 0) is 4.74 Å². The topological polar surface area (TPSA) is 72.9 Å². The van der Waals surface area contributed by atoms with Crippen molar-refractivity contribution in [3.8, 4) is 11.5 Å². The molecule has 0 aliphatic carbocycles. The highest BCUT2D eigenvalue weighted by atomic mass is 16.5. The van der Waals surface area contributed by atoms with Gasteiger partial charge in [0.2, 0.25) is 0 Å². The molecule has 3 rings (SSSR count). The lowest BCUT2D eigenvalue weighted by molar-refractivity contribution is 0.102. The van der Waals surface area contributed by atoms with E-state index in [0.29, 0.717) is 36.0 Å². The van der Waals surface area contributed by atoms with E-state index in [4.69, 9.17) is 14.2 Å². The molecule has 1 saturated heterocycles. The number of morpholine rings is 1. The molecule has 144 valence electrons. The van der Waals surface area contributed by atoms with E-state index in [9.17, 15) is 4.79 Å². The molecule has 0 spiro atoms. The summed E-state index contributed by atoms with van der Waals surface area (Å²) < 4.78 is 16.4. The van der Waals surface area contributed by atoms with Crippen LogP contribution in [0.2, 0.25) is 0 Å². The van der Waals surface area contributed by atoms with E-state index in [0.717, 1.165) is 18.9 Å². The quantitative estimate of drug-likeness (QED) is 0.842. The highest BCUT2D eigenvalue weighted by Crippen LogP contribution is 2.29. The van der Waals surface area contributed by atoms with E-state index in [2.05, 4.69) is 15.2 Å². The van der Waals surface area contributed by atoms with Crippen molar-refractivity contribution in [2.75, 3.05) is 43.6 Å². The number of nitrogens with one attached hydrogen (secondary N) is 1. The second kappa shape index (κ2) is 8.73. The number of hydrogen-bond donors (Lipinski definition) is 1. The first-order chi connectivity index (χ1) is 13.1. The summed E-state index contributed by atoms with van der Waals surface area (Å²) in [5.74, 6) is 1.79. The maximum absolute atomic E-state index is 12.5. The Hall–Kier alpha value is -2.80. The summed E-state index contributed by atoms with van der Waals surface area (Å²) in [5, 5.41) is 2.86. The molecule has 0 radical (unpaired) electrons. The molecular weight excluding hydrogens is 346 g/mol. The predicted octanol–water partition coefficient (Wildman–Crippen LogP) is 2.97. The normalized spacial score (nSPS) is 14.1. The summed E-state index contributed by atoms with van der Waals surface area (Å²) in [6.07, 6.45) is 1.69. The van der Waals surface area contributed by atoms with Gasteiger partial charge in [0, 0.05) is 18.7 Å². The maximum Gasteiger partial charge on any atom is 0.255 e. The number of benzene rings is 1. The second-order valence-electron chi connectivity index (χ2n) is 6.49. The van der Waals surface area contributed by atoms with Gasteiger partial charge in [0.15, 0.2) is 11.5 Å². The zero-order valence-corrected chi connectivity index (χ0v) is 15.9. The van der Waals surface area contributed by atoms with Gasteiger partial charge in [-0.3, -0.25) is 4.79 Å². The molecule has 2 heterocycles. The lowest BCUT2D eigenvalue weighted by atomic mass is 10.2. The number of anilines is 2. The third-order valence-corrected chi connectivity index (χ3v) is 4.13. The van der Waals surface area contributed by atoms with E-state index in [1.165, 1.54) is 0 Å². The minimum absolute atomic E-state index is 0.0228. The molecule has 1 aromatic carbocycles. The SMILES string of the molecule is COc1cc(C(=O)Nc2ccc(N3CCOCC3)nc2)ccc1OC(C)C. The number of methoxy groups -OCH3 is 1. The van der Waals surface area contributed by atoms with Gasteiger partial charge in [0.05, 0.1) is 38.3 Å². The third kappa shape index (κ3) is 4.89. The molecule has 0 bridgehead atoms. The molecule has 1 aromatic heterocycles. The lowest BCUT2D eigenvalue weighted by Crippen LogP contribution is -2.36. The van der Waals surface area contributed by atoms with Gasteiger partial charge >= 0.3 is 0 Å². The summed E-state index contributed by atoms with van der Waals surface area (Å²) in [7, 11) is 1.55. The van der Waals surface area contributed by atoms with Crippen LogP contribution in [0, 0.1) is 0 Å². The number of amides is 1. The molecule has 27 heavy (non-hydrogen) atoms. The van der Waals surface area contributed by atoms with E-state index in [-0.39, 0.29) is 12.0 Å². The number of carbonyl (C=O) groups is 1. The van der Waals surface area contributed by atoms with Gasteiger partial charge in [-0.25, -0.2) is 4.98 Å². The van der Waals surface area contributed by atoms with E-state index >= 15 is 0 Å². The van der Waals surface area contributed by atoms with Gasteiger partial charge in [-0.15, -0.1) is 0 Å².